The maximum atomic E-state index is 9.54. The number of nitrogens with two attached hydrogens (primary N) is 1. The summed E-state index contributed by atoms with van der Waals surface area (Å²) >= 11 is 0. The predicted molar refractivity (Wildman–Crippen MR) is 63.2 cm³/mol. The Hall–Kier alpha value is -0.160. The lowest BCUT2D eigenvalue weighted by molar-refractivity contribution is -0.0894. The Kier molecular flexibility index (Phi) is 3.85. The van der Waals surface area contributed by atoms with Crippen LogP contribution in [0.25, 0.3) is 0 Å². The van der Waals surface area contributed by atoms with Crippen molar-refractivity contribution in [2.75, 3.05) is 19.7 Å². The van der Waals surface area contributed by atoms with E-state index < -0.39 is 0 Å². The standard InChI is InChI=1S/C12H24N2O2/c1-8-5-14(6-9(2)16-8)11(7-15)12(13)10-3-4-10/h8-12,15H,3-7,13H2,1-2H3. The van der Waals surface area contributed by atoms with Crippen molar-refractivity contribution >= 4 is 0 Å². The molecule has 4 atom stereocenters. The maximum Gasteiger partial charge on any atom is 0.0678 e. The quantitative estimate of drug-likeness (QED) is 0.721. The van der Waals surface area contributed by atoms with E-state index >= 15 is 0 Å². The Labute approximate surface area is 97.7 Å². The van der Waals surface area contributed by atoms with Crippen LogP contribution in [0.1, 0.15) is 26.7 Å². The highest BCUT2D eigenvalue weighted by Gasteiger charge is 2.38. The van der Waals surface area contributed by atoms with Gasteiger partial charge in [0.25, 0.3) is 0 Å². The maximum absolute atomic E-state index is 9.54. The molecule has 0 aromatic carbocycles. The second kappa shape index (κ2) is 5.00. The molecule has 4 nitrogen and oxygen atoms in total. The summed E-state index contributed by atoms with van der Waals surface area (Å²) in [6.07, 6.45) is 2.94. The molecule has 3 N–H and O–H groups in total. The molecular weight excluding hydrogens is 204 g/mol. The van der Waals surface area contributed by atoms with Gasteiger partial charge in [-0.3, -0.25) is 4.90 Å². The molecule has 1 heterocycles. The lowest BCUT2D eigenvalue weighted by Crippen LogP contribution is -2.57. The van der Waals surface area contributed by atoms with Crippen LogP contribution in [0, 0.1) is 5.92 Å². The van der Waals surface area contributed by atoms with E-state index in [2.05, 4.69) is 18.7 Å². The molecule has 1 saturated heterocycles. The summed E-state index contributed by atoms with van der Waals surface area (Å²) in [7, 11) is 0. The van der Waals surface area contributed by atoms with Crippen LogP contribution < -0.4 is 5.73 Å². The first kappa shape index (κ1) is 12.3. The van der Waals surface area contributed by atoms with Gasteiger partial charge in [-0.1, -0.05) is 0 Å². The third-order valence-electron chi connectivity index (χ3n) is 3.71. The Morgan fingerprint density at radius 3 is 2.31 bits per heavy atom. The molecule has 0 aromatic heterocycles. The summed E-state index contributed by atoms with van der Waals surface area (Å²) in [6, 6.07) is 0.240. The van der Waals surface area contributed by atoms with Gasteiger partial charge >= 0.3 is 0 Å². The van der Waals surface area contributed by atoms with Gasteiger partial charge in [0.1, 0.15) is 0 Å². The number of nitrogens with zero attached hydrogens (tertiary/aromatic N) is 1. The SMILES string of the molecule is CC1CN(C(CO)C(N)C2CC2)CC(C)O1. The highest BCUT2D eigenvalue weighted by Crippen LogP contribution is 2.34. The van der Waals surface area contributed by atoms with Crippen molar-refractivity contribution in [3.63, 3.8) is 0 Å². The molecular formula is C12H24N2O2. The van der Waals surface area contributed by atoms with Crippen molar-refractivity contribution in [3.8, 4) is 0 Å². The van der Waals surface area contributed by atoms with Crippen LogP contribution >= 0.6 is 0 Å². The van der Waals surface area contributed by atoms with Gasteiger partial charge in [0.15, 0.2) is 0 Å². The van der Waals surface area contributed by atoms with E-state index in [0.717, 1.165) is 13.1 Å². The summed E-state index contributed by atoms with van der Waals surface area (Å²) < 4.78 is 5.70. The fraction of sp³-hybridized carbons (Fsp3) is 1.00. The molecule has 4 heteroatoms. The number of aliphatic hydroxyl groups is 1. The highest BCUT2D eigenvalue weighted by atomic mass is 16.5. The van der Waals surface area contributed by atoms with Crippen molar-refractivity contribution in [2.24, 2.45) is 11.7 Å². The van der Waals surface area contributed by atoms with Crippen LogP contribution in [0.15, 0.2) is 0 Å². The van der Waals surface area contributed by atoms with Gasteiger partial charge in [0, 0.05) is 25.2 Å². The topological polar surface area (TPSA) is 58.7 Å². The largest absolute Gasteiger partial charge is 0.395 e. The molecule has 1 aliphatic carbocycles. The molecule has 0 amide bonds. The average molecular weight is 228 g/mol. The van der Waals surface area contributed by atoms with E-state index in [9.17, 15) is 5.11 Å². The van der Waals surface area contributed by atoms with Crippen LogP contribution in [0.2, 0.25) is 0 Å². The minimum atomic E-state index is 0.112. The van der Waals surface area contributed by atoms with Crippen LogP contribution in [-0.2, 0) is 4.74 Å². The Morgan fingerprint density at radius 1 is 1.31 bits per heavy atom. The van der Waals surface area contributed by atoms with Crippen molar-refractivity contribution in [2.45, 2.75) is 51.0 Å². The Balaban J connectivity index is 1.96. The van der Waals surface area contributed by atoms with E-state index in [4.69, 9.17) is 10.5 Å². The smallest absolute Gasteiger partial charge is 0.0678 e. The molecule has 1 aliphatic heterocycles. The third kappa shape index (κ3) is 2.74. The summed E-state index contributed by atoms with van der Waals surface area (Å²) in [4.78, 5) is 2.31. The third-order valence-corrected chi connectivity index (χ3v) is 3.71. The molecule has 0 bridgehead atoms. The van der Waals surface area contributed by atoms with Crippen LogP contribution in [0.3, 0.4) is 0 Å². The molecule has 2 fully saturated rings. The lowest BCUT2D eigenvalue weighted by atomic mass is 10.0. The molecule has 0 aromatic rings. The summed E-state index contributed by atoms with van der Waals surface area (Å²) in [5, 5.41) is 9.54. The zero-order chi connectivity index (χ0) is 11.7. The number of hydrogen-bond acceptors (Lipinski definition) is 4. The average Bonchev–Trinajstić information content (AvgIpc) is 2.99. The number of aliphatic hydroxyl groups excluding tert-OH is 1. The van der Waals surface area contributed by atoms with E-state index in [1.807, 2.05) is 0 Å². The fourth-order valence-corrected chi connectivity index (χ4v) is 2.76. The van der Waals surface area contributed by atoms with Gasteiger partial charge in [-0.25, -0.2) is 0 Å². The first-order chi connectivity index (χ1) is 7.61. The molecule has 0 radical (unpaired) electrons. The summed E-state index contributed by atoms with van der Waals surface area (Å²) in [6.45, 7) is 6.10. The monoisotopic (exact) mass is 228 g/mol. The molecule has 94 valence electrons. The van der Waals surface area contributed by atoms with Crippen molar-refractivity contribution in [1.29, 1.82) is 0 Å². The Morgan fingerprint density at radius 2 is 1.88 bits per heavy atom. The minimum Gasteiger partial charge on any atom is -0.395 e. The van der Waals surface area contributed by atoms with Gasteiger partial charge in [0.2, 0.25) is 0 Å². The van der Waals surface area contributed by atoms with Gasteiger partial charge < -0.3 is 15.6 Å². The normalized spacial score (nSPS) is 36.0. The predicted octanol–water partition coefficient (Wildman–Crippen LogP) is 0.194. The Bertz CT molecular complexity index is 223. The molecule has 2 aliphatic rings. The summed E-state index contributed by atoms with van der Waals surface area (Å²) in [5.41, 5.74) is 6.21. The van der Waals surface area contributed by atoms with E-state index in [-0.39, 0.29) is 30.9 Å². The van der Waals surface area contributed by atoms with E-state index in [1.54, 1.807) is 0 Å². The molecule has 4 unspecified atom stereocenters. The van der Waals surface area contributed by atoms with Crippen molar-refractivity contribution < 1.29 is 9.84 Å². The van der Waals surface area contributed by atoms with Crippen LogP contribution in [-0.4, -0.2) is 54.0 Å². The molecule has 2 rings (SSSR count). The molecule has 16 heavy (non-hydrogen) atoms. The number of ether oxygens (including phenoxy) is 1. The van der Waals surface area contributed by atoms with E-state index in [1.165, 1.54) is 12.8 Å². The number of rotatable bonds is 4. The summed E-state index contributed by atoms with van der Waals surface area (Å²) in [5.74, 6) is 0.630. The van der Waals surface area contributed by atoms with E-state index in [0.29, 0.717) is 5.92 Å². The second-order valence-corrected chi connectivity index (χ2v) is 5.38. The lowest BCUT2D eigenvalue weighted by Gasteiger charge is -2.41. The first-order valence-corrected chi connectivity index (χ1v) is 6.37. The van der Waals surface area contributed by atoms with Crippen molar-refractivity contribution in [1.82, 2.24) is 4.90 Å². The minimum absolute atomic E-state index is 0.112. The number of morpholine rings is 1. The van der Waals surface area contributed by atoms with Gasteiger partial charge in [-0.15, -0.1) is 0 Å². The number of hydrogen-bond donors (Lipinski definition) is 2. The van der Waals surface area contributed by atoms with Crippen LogP contribution in [0.5, 0.6) is 0 Å². The van der Waals surface area contributed by atoms with Gasteiger partial charge in [-0.05, 0) is 32.6 Å². The van der Waals surface area contributed by atoms with Gasteiger partial charge in [0.05, 0.1) is 18.8 Å². The first-order valence-electron chi connectivity index (χ1n) is 6.37. The van der Waals surface area contributed by atoms with Crippen molar-refractivity contribution in [3.05, 3.63) is 0 Å². The zero-order valence-electron chi connectivity index (χ0n) is 10.3. The second-order valence-electron chi connectivity index (χ2n) is 5.38. The van der Waals surface area contributed by atoms with Gasteiger partial charge in [-0.2, -0.15) is 0 Å². The fourth-order valence-electron chi connectivity index (χ4n) is 2.76. The molecule has 0 spiro atoms. The highest BCUT2D eigenvalue weighted by molar-refractivity contribution is 4.94. The molecule has 1 saturated carbocycles. The van der Waals surface area contributed by atoms with Crippen LogP contribution in [0.4, 0.5) is 0 Å². The zero-order valence-corrected chi connectivity index (χ0v) is 10.3.